The zero-order chi connectivity index (χ0) is 16.2. The molecule has 2 aromatic carbocycles. The summed E-state index contributed by atoms with van der Waals surface area (Å²) < 4.78 is 5.11. The molecule has 0 atom stereocenters. The summed E-state index contributed by atoms with van der Waals surface area (Å²) in [7, 11) is 1.57. The highest BCUT2D eigenvalue weighted by Gasteiger charge is 2.10. The fraction of sp³-hybridized carbons (Fsp3) is 0.125. The third-order valence-corrected chi connectivity index (χ3v) is 3.31. The van der Waals surface area contributed by atoms with E-state index in [1.165, 1.54) is 0 Å². The molecule has 118 valence electrons. The summed E-state index contributed by atoms with van der Waals surface area (Å²) in [5.41, 5.74) is 1.03. The summed E-state index contributed by atoms with van der Waals surface area (Å²) in [6.07, 6.45) is -0.735. The van der Waals surface area contributed by atoms with Crippen LogP contribution in [0, 0.1) is 0 Å². The predicted octanol–water partition coefficient (Wildman–Crippen LogP) is 1.68. The number of amides is 1. The minimum absolute atomic E-state index is 0.255. The molecular weight excluding hydrogens is 298 g/mol. The molecule has 3 aromatic rings. The smallest absolute Gasteiger partial charge is 0.433 e. The van der Waals surface area contributed by atoms with Crippen molar-refractivity contribution in [3.05, 3.63) is 64.4 Å². The Bertz CT molecular complexity index is 897. The molecule has 0 saturated carbocycles. The third-order valence-electron chi connectivity index (χ3n) is 3.31. The standard InChI is InChI=1S/C16H15N3O4/c1-22-12-6-4-5-11(9-12)10-17-16(21)23-19-15(20)13-7-2-3-8-14(13)18-19/h2-9,18H,10H2,1H3,(H,17,21). The molecule has 0 aliphatic heterocycles. The van der Waals surface area contributed by atoms with Gasteiger partial charge in [0.1, 0.15) is 5.75 Å². The summed E-state index contributed by atoms with van der Waals surface area (Å²) in [4.78, 5) is 29.6. The van der Waals surface area contributed by atoms with E-state index in [4.69, 9.17) is 9.57 Å². The molecular formula is C16H15N3O4. The van der Waals surface area contributed by atoms with Crippen LogP contribution in [0.15, 0.2) is 53.3 Å². The first kappa shape index (κ1) is 14.7. The van der Waals surface area contributed by atoms with Gasteiger partial charge < -0.3 is 10.1 Å². The maximum atomic E-state index is 12.0. The number of nitrogens with zero attached hydrogens (tertiary/aromatic N) is 1. The van der Waals surface area contributed by atoms with E-state index in [-0.39, 0.29) is 6.54 Å². The monoisotopic (exact) mass is 313 g/mol. The number of H-pyrrole nitrogens is 1. The van der Waals surface area contributed by atoms with E-state index in [9.17, 15) is 9.59 Å². The lowest BCUT2D eigenvalue weighted by atomic mass is 10.2. The van der Waals surface area contributed by atoms with Crippen molar-refractivity contribution < 1.29 is 14.4 Å². The lowest BCUT2D eigenvalue weighted by Crippen LogP contribution is -2.36. The Kier molecular flexibility index (Phi) is 4.01. The Morgan fingerprint density at radius 3 is 2.83 bits per heavy atom. The van der Waals surface area contributed by atoms with Gasteiger partial charge in [0, 0.05) is 6.54 Å². The second-order valence-corrected chi connectivity index (χ2v) is 4.84. The topological polar surface area (TPSA) is 85.3 Å². The van der Waals surface area contributed by atoms with Crippen LogP contribution in [0.3, 0.4) is 0 Å². The highest BCUT2D eigenvalue weighted by Crippen LogP contribution is 2.12. The number of ether oxygens (including phenoxy) is 1. The Morgan fingerprint density at radius 1 is 1.22 bits per heavy atom. The number of nitrogens with one attached hydrogen (secondary N) is 2. The molecule has 0 saturated heterocycles. The number of benzene rings is 2. The van der Waals surface area contributed by atoms with Gasteiger partial charge in [0.2, 0.25) is 0 Å². The molecule has 0 fully saturated rings. The van der Waals surface area contributed by atoms with Gasteiger partial charge in [0.15, 0.2) is 0 Å². The molecule has 7 heteroatoms. The number of carbonyl (C=O) groups excluding carboxylic acids is 1. The molecule has 7 nitrogen and oxygen atoms in total. The van der Waals surface area contributed by atoms with Crippen LogP contribution < -0.4 is 20.5 Å². The number of methoxy groups -OCH3 is 1. The number of hydrogen-bond acceptors (Lipinski definition) is 4. The number of para-hydroxylation sites is 1. The first-order valence-corrected chi connectivity index (χ1v) is 6.96. The van der Waals surface area contributed by atoms with Gasteiger partial charge in [-0.05, 0) is 29.8 Å². The lowest BCUT2D eigenvalue weighted by molar-refractivity contribution is 0.112. The Hall–Kier alpha value is -3.22. The molecule has 1 aromatic heterocycles. The van der Waals surface area contributed by atoms with Gasteiger partial charge in [-0.1, -0.05) is 29.1 Å². The molecule has 0 unspecified atom stereocenters. The number of carbonyl (C=O) groups is 1. The second-order valence-electron chi connectivity index (χ2n) is 4.84. The van der Waals surface area contributed by atoms with Crippen LogP contribution in [0.25, 0.3) is 10.9 Å². The zero-order valence-electron chi connectivity index (χ0n) is 12.4. The van der Waals surface area contributed by atoms with Crippen molar-refractivity contribution in [2.45, 2.75) is 6.54 Å². The first-order valence-electron chi connectivity index (χ1n) is 6.96. The van der Waals surface area contributed by atoms with Gasteiger partial charge in [-0.2, -0.15) is 0 Å². The molecule has 0 bridgehead atoms. The molecule has 1 amide bonds. The summed E-state index contributed by atoms with van der Waals surface area (Å²) >= 11 is 0. The minimum Gasteiger partial charge on any atom is -0.497 e. The second kappa shape index (κ2) is 6.27. The van der Waals surface area contributed by atoms with Crippen molar-refractivity contribution in [1.82, 2.24) is 15.3 Å². The van der Waals surface area contributed by atoms with E-state index in [1.54, 1.807) is 37.4 Å². The normalized spacial score (nSPS) is 10.5. The molecule has 1 heterocycles. The van der Waals surface area contributed by atoms with Gasteiger partial charge in [0.25, 0.3) is 0 Å². The van der Waals surface area contributed by atoms with Crippen molar-refractivity contribution in [3.63, 3.8) is 0 Å². The van der Waals surface area contributed by atoms with Crippen molar-refractivity contribution in [2.75, 3.05) is 7.11 Å². The first-order chi connectivity index (χ1) is 11.2. The predicted molar refractivity (Wildman–Crippen MR) is 84.4 cm³/mol. The van der Waals surface area contributed by atoms with Gasteiger partial charge >= 0.3 is 11.7 Å². The molecule has 3 rings (SSSR count). The minimum atomic E-state index is -0.735. The molecule has 0 aliphatic carbocycles. The van der Waals surface area contributed by atoms with Gasteiger partial charge in [0.05, 0.1) is 18.0 Å². The third kappa shape index (κ3) is 3.18. The van der Waals surface area contributed by atoms with E-state index in [1.807, 2.05) is 18.2 Å². The van der Waals surface area contributed by atoms with Crippen LogP contribution in [0.4, 0.5) is 4.79 Å². The lowest BCUT2D eigenvalue weighted by Gasteiger charge is -2.07. The van der Waals surface area contributed by atoms with E-state index < -0.39 is 11.7 Å². The number of fused-ring (bicyclic) bond motifs is 1. The average Bonchev–Trinajstić information content (AvgIpc) is 2.89. The molecule has 0 radical (unpaired) electrons. The van der Waals surface area contributed by atoms with Gasteiger partial charge in [-0.25, -0.2) is 4.79 Å². The summed E-state index contributed by atoms with van der Waals surface area (Å²) in [6.45, 7) is 0.255. The van der Waals surface area contributed by atoms with Gasteiger partial charge in [-0.3, -0.25) is 14.7 Å². The highest BCUT2D eigenvalue weighted by molar-refractivity contribution is 5.77. The zero-order valence-corrected chi connectivity index (χ0v) is 12.4. The quantitative estimate of drug-likeness (QED) is 0.767. The average molecular weight is 313 g/mol. The number of aromatic nitrogens is 2. The van der Waals surface area contributed by atoms with Crippen molar-refractivity contribution in [1.29, 1.82) is 0 Å². The van der Waals surface area contributed by atoms with E-state index >= 15 is 0 Å². The van der Waals surface area contributed by atoms with Crippen molar-refractivity contribution >= 4 is 17.0 Å². The van der Waals surface area contributed by atoms with E-state index in [0.29, 0.717) is 16.7 Å². The van der Waals surface area contributed by atoms with Crippen LogP contribution in [0.5, 0.6) is 5.75 Å². The number of aromatic amines is 1. The summed E-state index contributed by atoms with van der Waals surface area (Å²) in [5.74, 6) is 0.699. The molecule has 0 aliphatic rings. The van der Waals surface area contributed by atoms with Crippen LogP contribution >= 0.6 is 0 Å². The Balaban J connectivity index is 1.66. The maximum absolute atomic E-state index is 12.0. The number of rotatable bonds is 4. The van der Waals surface area contributed by atoms with Crippen LogP contribution in [-0.4, -0.2) is 23.1 Å². The van der Waals surface area contributed by atoms with Crippen molar-refractivity contribution in [3.8, 4) is 5.75 Å². The van der Waals surface area contributed by atoms with Crippen LogP contribution in [0.2, 0.25) is 0 Å². The Morgan fingerprint density at radius 2 is 2.04 bits per heavy atom. The maximum Gasteiger partial charge on any atom is 0.433 e. The van der Waals surface area contributed by atoms with Crippen molar-refractivity contribution in [2.24, 2.45) is 0 Å². The van der Waals surface area contributed by atoms with Gasteiger partial charge in [-0.15, -0.1) is 0 Å². The highest BCUT2D eigenvalue weighted by atomic mass is 16.7. The van der Waals surface area contributed by atoms with Crippen LogP contribution in [-0.2, 0) is 6.54 Å². The largest absolute Gasteiger partial charge is 0.497 e. The fourth-order valence-corrected chi connectivity index (χ4v) is 2.17. The van der Waals surface area contributed by atoms with E-state index in [2.05, 4.69) is 10.4 Å². The summed E-state index contributed by atoms with van der Waals surface area (Å²) in [5, 5.41) is 5.74. The Labute approximate surface area is 131 Å². The fourth-order valence-electron chi connectivity index (χ4n) is 2.17. The number of hydrogen-bond donors (Lipinski definition) is 2. The molecule has 0 spiro atoms. The molecule has 23 heavy (non-hydrogen) atoms. The summed E-state index contributed by atoms with van der Waals surface area (Å²) in [6, 6.07) is 14.2. The molecule has 2 N–H and O–H groups in total. The van der Waals surface area contributed by atoms with Crippen LogP contribution in [0.1, 0.15) is 5.56 Å². The SMILES string of the molecule is COc1cccc(CNC(=O)On2[nH]c3ccccc3c2=O)c1. The van der Waals surface area contributed by atoms with E-state index in [0.717, 1.165) is 10.4 Å².